The first-order valence-corrected chi connectivity index (χ1v) is 5.52. The van der Waals surface area contributed by atoms with Crippen molar-refractivity contribution in [2.24, 2.45) is 0 Å². The van der Waals surface area contributed by atoms with Gasteiger partial charge < -0.3 is 10.2 Å². The molecule has 0 saturated heterocycles. The van der Waals surface area contributed by atoms with Gasteiger partial charge in [-0.2, -0.15) is 0 Å². The number of carbonyl (C=O) groups excluding carboxylic acids is 2. The summed E-state index contributed by atoms with van der Waals surface area (Å²) in [7, 11) is 0. The topological polar surface area (TPSA) is 117 Å². The number of hydroxylamine groups is 2. The summed E-state index contributed by atoms with van der Waals surface area (Å²) in [5, 5.41) is 18.8. The number of nitrogens with one attached hydrogen (secondary N) is 2. The highest BCUT2D eigenvalue weighted by Crippen LogP contribution is 1.96. The lowest BCUT2D eigenvalue weighted by Crippen LogP contribution is -2.50. The average molecular weight is 284 g/mol. The molecule has 4 N–H and O–H groups in total. The molecule has 20 heavy (non-hydrogen) atoms. The van der Waals surface area contributed by atoms with Crippen LogP contribution in [0.1, 0.15) is 13.8 Å². The largest absolute Gasteiger partial charge is 0.380 e. The number of rotatable bonds is 7. The molecule has 2 amide bonds. The molecule has 0 saturated carbocycles. The summed E-state index contributed by atoms with van der Waals surface area (Å²) in [4.78, 5) is 31.9. The Hall–Kier alpha value is -2.10. The van der Waals surface area contributed by atoms with Gasteiger partial charge >= 0.3 is 0 Å². The van der Waals surface area contributed by atoms with Crippen LogP contribution in [0.3, 0.4) is 0 Å². The first-order valence-electron chi connectivity index (χ1n) is 5.52. The van der Waals surface area contributed by atoms with Crippen molar-refractivity contribution in [1.29, 1.82) is 0 Å². The summed E-state index contributed by atoms with van der Waals surface area (Å²) in [6.45, 7) is 2.93. The number of amides is 2. The van der Waals surface area contributed by atoms with Crippen LogP contribution in [0.2, 0.25) is 0 Å². The fourth-order valence-electron chi connectivity index (χ4n) is 0.768. The van der Waals surface area contributed by atoms with Crippen molar-refractivity contribution in [3.05, 3.63) is 0 Å². The molecular formula is C12H16N2O6. The molecule has 0 aliphatic heterocycles. The van der Waals surface area contributed by atoms with Crippen LogP contribution in [0.5, 0.6) is 0 Å². The van der Waals surface area contributed by atoms with E-state index in [2.05, 4.69) is 21.5 Å². The van der Waals surface area contributed by atoms with Gasteiger partial charge in [0.05, 0.1) is 0 Å². The molecule has 0 aliphatic carbocycles. The molecule has 0 fully saturated rings. The van der Waals surface area contributed by atoms with Gasteiger partial charge in [0.1, 0.15) is 12.2 Å². The molecule has 2 unspecified atom stereocenters. The number of carbonyl (C=O) groups is 2. The van der Waals surface area contributed by atoms with Crippen LogP contribution >= 0.6 is 0 Å². The second kappa shape index (κ2) is 8.91. The number of hydrogen-bond acceptors (Lipinski definition) is 6. The van der Waals surface area contributed by atoms with Gasteiger partial charge in [-0.05, 0) is 13.8 Å². The number of aliphatic hydroxyl groups excluding tert-OH is 2. The van der Waals surface area contributed by atoms with E-state index >= 15 is 0 Å². The lowest BCUT2D eigenvalue weighted by atomic mass is 10.2. The first kappa shape index (κ1) is 17.9. The molecule has 0 aromatic rings. The summed E-state index contributed by atoms with van der Waals surface area (Å²) in [6.07, 6.45) is 4.37. The van der Waals surface area contributed by atoms with Crippen molar-refractivity contribution in [2.45, 2.75) is 38.3 Å². The molecule has 4 atom stereocenters. The van der Waals surface area contributed by atoms with Gasteiger partial charge in [-0.1, -0.05) is 11.8 Å². The summed E-state index contributed by atoms with van der Waals surface area (Å²) < 4.78 is 0. The Balaban J connectivity index is 4.29. The Bertz CT molecular complexity index is 385. The zero-order valence-corrected chi connectivity index (χ0v) is 11.0. The van der Waals surface area contributed by atoms with E-state index in [1.165, 1.54) is 13.8 Å². The molecule has 8 heteroatoms. The highest BCUT2D eigenvalue weighted by Gasteiger charge is 2.31. The molecule has 0 rings (SSSR count). The fourth-order valence-corrected chi connectivity index (χ4v) is 0.768. The van der Waals surface area contributed by atoms with Crippen LogP contribution in [0.25, 0.3) is 0 Å². The predicted octanol–water partition coefficient (Wildman–Crippen LogP) is -2.15. The maximum atomic E-state index is 11.3. The van der Waals surface area contributed by atoms with E-state index in [4.69, 9.17) is 12.8 Å². The predicted molar refractivity (Wildman–Crippen MR) is 67.1 cm³/mol. The standard InChI is InChI=1S/C12H16N2O6/c1-5-7(3)19-13-11(17)9(15)10(16)12(18)14-20-8(4)6-2/h1-2,7-10,15-16H,3-4H3,(H,13,17)(H,14,18)/t7-,8-,9?,10?/m0/s1. The summed E-state index contributed by atoms with van der Waals surface area (Å²) in [5.41, 5.74) is 3.60. The lowest BCUT2D eigenvalue weighted by Gasteiger charge is -2.17. The zero-order chi connectivity index (χ0) is 15.7. The Kier molecular flexibility index (Phi) is 7.97. The van der Waals surface area contributed by atoms with Gasteiger partial charge in [0.2, 0.25) is 0 Å². The molecule has 8 nitrogen and oxygen atoms in total. The van der Waals surface area contributed by atoms with Gasteiger partial charge in [-0.25, -0.2) is 11.0 Å². The Labute approximate surface area is 116 Å². The van der Waals surface area contributed by atoms with Crippen LogP contribution < -0.4 is 11.0 Å². The monoisotopic (exact) mass is 284 g/mol. The summed E-state index contributed by atoms with van der Waals surface area (Å²) >= 11 is 0. The van der Waals surface area contributed by atoms with E-state index in [-0.39, 0.29) is 0 Å². The van der Waals surface area contributed by atoms with Gasteiger partial charge in [-0.15, -0.1) is 12.8 Å². The molecule has 0 spiro atoms. The average Bonchev–Trinajstić information content (AvgIpc) is 2.47. The smallest absolute Gasteiger partial charge is 0.275 e. The molecule has 0 heterocycles. The van der Waals surface area contributed by atoms with Crippen molar-refractivity contribution in [1.82, 2.24) is 11.0 Å². The third kappa shape index (κ3) is 6.18. The molecule has 0 bridgehead atoms. The van der Waals surface area contributed by atoms with Crippen LogP contribution in [-0.2, 0) is 19.3 Å². The zero-order valence-electron chi connectivity index (χ0n) is 11.0. The van der Waals surface area contributed by atoms with Crippen LogP contribution in [0, 0.1) is 24.7 Å². The van der Waals surface area contributed by atoms with Gasteiger partial charge in [0, 0.05) is 0 Å². The fraction of sp³-hybridized carbons (Fsp3) is 0.500. The molecule has 0 aliphatic rings. The molecule has 0 aromatic carbocycles. The van der Waals surface area contributed by atoms with Gasteiger partial charge in [-0.3, -0.25) is 19.3 Å². The third-order valence-corrected chi connectivity index (χ3v) is 1.98. The van der Waals surface area contributed by atoms with E-state index in [9.17, 15) is 19.8 Å². The quantitative estimate of drug-likeness (QED) is 0.313. The van der Waals surface area contributed by atoms with Crippen molar-refractivity contribution in [3.8, 4) is 24.7 Å². The molecule has 110 valence electrons. The van der Waals surface area contributed by atoms with Crippen molar-refractivity contribution in [3.63, 3.8) is 0 Å². The van der Waals surface area contributed by atoms with Crippen LogP contribution in [-0.4, -0.2) is 46.4 Å². The minimum Gasteiger partial charge on any atom is -0.380 e. The SMILES string of the molecule is C#C[C@H](C)ONC(=O)C(O)C(O)C(=O)NO[C@@H](C)C#C. The molecule has 0 radical (unpaired) electrons. The Morgan fingerprint density at radius 2 is 1.25 bits per heavy atom. The normalized spacial score (nSPS) is 15.9. The molecular weight excluding hydrogens is 268 g/mol. The van der Waals surface area contributed by atoms with Crippen molar-refractivity contribution < 1.29 is 29.5 Å². The number of hydrogen-bond donors (Lipinski definition) is 4. The van der Waals surface area contributed by atoms with E-state index in [0.717, 1.165) is 0 Å². The van der Waals surface area contributed by atoms with E-state index < -0.39 is 36.2 Å². The Morgan fingerprint density at radius 1 is 0.950 bits per heavy atom. The Morgan fingerprint density at radius 3 is 1.50 bits per heavy atom. The second-order valence-corrected chi connectivity index (χ2v) is 3.68. The minimum absolute atomic E-state index is 0.739. The number of terminal acetylenes is 2. The highest BCUT2D eigenvalue weighted by atomic mass is 16.7. The minimum atomic E-state index is -2.07. The first-order chi connectivity index (χ1) is 9.33. The highest BCUT2D eigenvalue weighted by molar-refractivity contribution is 5.89. The van der Waals surface area contributed by atoms with E-state index in [1.807, 2.05) is 0 Å². The van der Waals surface area contributed by atoms with Gasteiger partial charge in [0.15, 0.2) is 12.2 Å². The van der Waals surface area contributed by atoms with E-state index in [0.29, 0.717) is 0 Å². The summed E-state index contributed by atoms with van der Waals surface area (Å²) in [6, 6.07) is 0. The second-order valence-electron chi connectivity index (χ2n) is 3.68. The molecule has 0 aromatic heterocycles. The number of aliphatic hydroxyl groups is 2. The third-order valence-electron chi connectivity index (χ3n) is 1.98. The van der Waals surface area contributed by atoms with Crippen molar-refractivity contribution in [2.75, 3.05) is 0 Å². The maximum absolute atomic E-state index is 11.3. The van der Waals surface area contributed by atoms with Crippen LogP contribution in [0.15, 0.2) is 0 Å². The van der Waals surface area contributed by atoms with Crippen molar-refractivity contribution >= 4 is 11.8 Å². The summed E-state index contributed by atoms with van der Waals surface area (Å²) in [5.74, 6) is 2.02. The van der Waals surface area contributed by atoms with Gasteiger partial charge in [0.25, 0.3) is 11.8 Å². The lowest BCUT2D eigenvalue weighted by molar-refractivity contribution is -0.161. The van der Waals surface area contributed by atoms with Crippen LogP contribution in [0.4, 0.5) is 0 Å². The van der Waals surface area contributed by atoms with E-state index in [1.54, 1.807) is 11.0 Å². The maximum Gasteiger partial charge on any atom is 0.275 e.